The zero-order chi connectivity index (χ0) is 22.6. The van der Waals surface area contributed by atoms with Crippen molar-refractivity contribution in [2.24, 2.45) is 0 Å². The van der Waals surface area contributed by atoms with Crippen LogP contribution in [0.4, 0.5) is 18.9 Å². The van der Waals surface area contributed by atoms with Crippen LogP contribution in [0.3, 0.4) is 0 Å². The summed E-state index contributed by atoms with van der Waals surface area (Å²) in [6, 6.07) is 4.79. The van der Waals surface area contributed by atoms with E-state index in [9.17, 15) is 21.6 Å². The summed E-state index contributed by atoms with van der Waals surface area (Å²) in [6.45, 7) is 2.64. The van der Waals surface area contributed by atoms with E-state index in [0.717, 1.165) is 23.1 Å². The van der Waals surface area contributed by atoms with Gasteiger partial charge in [-0.3, -0.25) is 9.78 Å². The summed E-state index contributed by atoms with van der Waals surface area (Å²) in [5.74, 6) is 0. The monoisotopic (exact) mass is 457 g/mol. The maximum Gasteiger partial charge on any atom is 0.417 e. The van der Waals surface area contributed by atoms with Crippen molar-refractivity contribution < 1.29 is 31.5 Å². The van der Waals surface area contributed by atoms with Gasteiger partial charge in [-0.15, -0.1) is 0 Å². The van der Waals surface area contributed by atoms with Crippen molar-refractivity contribution >= 4 is 33.2 Å². The van der Waals surface area contributed by atoms with Crippen molar-refractivity contribution in [3.8, 4) is 0 Å². The van der Waals surface area contributed by atoms with E-state index < -0.39 is 26.8 Å². The maximum absolute atomic E-state index is 13.1. The number of hydrogen-bond donors (Lipinski definition) is 2. The molecule has 0 atom stereocenters. The van der Waals surface area contributed by atoms with Crippen molar-refractivity contribution in [3.63, 3.8) is 0 Å². The number of aromatic nitrogens is 3. The SMILES string of the molecule is O=CO.O=S(=O)(c1ccc(C(F)(F)F)cn1)n1cc(N2CCNCC2)c2ncccc21. The van der Waals surface area contributed by atoms with Crippen LogP contribution < -0.4 is 10.2 Å². The Balaban J connectivity index is 0.000000858. The first kappa shape index (κ1) is 22.5. The lowest BCUT2D eigenvalue weighted by molar-refractivity contribution is -0.137. The van der Waals surface area contributed by atoms with Gasteiger partial charge < -0.3 is 15.3 Å². The molecule has 166 valence electrons. The zero-order valence-electron chi connectivity index (χ0n) is 16.0. The lowest BCUT2D eigenvalue weighted by Gasteiger charge is -2.28. The second kappa shape index (κ2) is 8.89. The van der Waals surface area contributed by atoms with Crippen LogP contribution in [0.2, 0.25) is 0 Å². The van der Waals surface area contributed by atoms with Gasteiger partial charge in [0.25, 0.3) is 16.5 Å². The molecule has 0 spiro atoms. The van der Waals surface area contributed by atoms with Crippen molar-refractivity contribution in [2.45, 2.75) is 11.2 Å². The lowest BCUT2D eigenvalue weighted by Crippen LogP contribution is -2.43. The maximum atomic E-state index is 13.1. The highest BCUT2D eigenvalue weighted by Gasteiger charge is 2.32. The molecule has 0 radical (unpaired) electrons. The molecule has 4 rings (SSSR count). The van der Waals surface area contributed by atoms with Crippen LogP contribution in [0.15, 0.2) is 47.9 Å². The first-order valence-electron chi connectivity index (χ1n) is 8.98. The Morgan fingerprint density at radius 3 is 2.39 bits per heavy atom. The molecular weight excluding hydrogens is 439 g/mol. The molecule has 9 nitrogen and oxygen atoms in total. The number of hydrogen-bond acceptors (Lipinski definition) is 7. The molecule has 2 N–H and O–H groups in total. The van der Waals surface area contributed by atoms with E-state index in [2.05, 4.69) is 15.3 Å². The molecule has 0 saturated carbocycles. The number of rotatable bonds is 3. The molecule has 13 heteroatoms. The smallest absolute Gasteiger partial charge is 0.417 e. The Bertz CT molecular complexity index is 1160. The molecule has 1 aliphatic heterocycles. The van der Waals surface area contributed by atoms with Gasteiger partial charge in [-0.25, -0.2) is 8.96 Å². The fraction of sp³-hybridized carbons (Fsp3) is 0.278. The molecule has 0 amide bonds. The number of nitrogens with zero attached hydrogens (tertiary/aromatic N) is 4. The van der Waals surface area contributed by atoms with Gasteiger partial charge >= 0.3 is 6.18 Å². The molecule has 1 aliphatic rings. The highest BCUT2D eigenvalue weighted by molar-refractivity contribution is 7.90. The standard InChI is InChI=1S/C17H16F3N5O2S.CH2O2/c18-17(19,20)12-3-4-15(23-10-12)28(26,27)25-11-14(24-8-6-21-7-9-24)16-13(25)2-1-5-22-16;2-1-3/h1-5,10-11,21H,6-9H2;1H,(H,2,3). The van der Waals surface area contributed by atoms with Gasteiger partial charge in [0, 0.05) is 44.8 Å². The normalized spacial score (nSPS) is 14.7. The van der Waals surface area contributed by atoms with E-state index in [4.69, 9.17) is 9.90 Å². The fourth-order valence-corrected chi connectivity index (χ4v) is 4.42. The van der Waals surface area contributed by atoms with E-state index in [1.165, 1.54) is 6.20 Å². The summed E-state index contributed by atoms with van der Waals surface area (Å²) in [5.41, 5.74) is 0.511. The van der Waals surface area contributed by atoms with Crippen molar-refractivity contribution in [1.29, 1.82) is 0 Å². The largest absolute Gasteiger partial charge is 0.483 e. The number of pyridine rings is 2. The van der Waals surface area contributed by atoms with Gasteiger partial charge in [-0.2, -0.15) is 21.6 Å². The number of carbonyl (C=O) groups is 1. The third-order valence-corrected chi connectivity index (χ3v) is 6.14. The molecule has 4 heterocycles. The van der Waals surface area contributed by atoms with Gasteiger partial charge in [0.2, 0.25) is 0 Å². The lowest BCUT2D eigenvalue weighted by atomic mass is 10.3. The van der Waals surface area contributed by atoms with Crippen LogP contribution in [0.25, 0.3) is 11.0 Å². The van der Waals surface area contributed by atoms with Gasteiger partial charge in [-0.1, -0.05) is 0 Å². The Hall–Kier alpha value is -3.19. The quantitative estimate of drug-likeness (QED) is 0.572. The van der Waals surface area contributed by atoms with Gasteiger partial charge in [0.15, 0.2) is 5.03 Å². The molecule has 0 aliphatic carbocycles. The predicted molar refractivity (Wildman–Crippen MR) is 105 cm³/mol. The summed E-state index contributed by atoms with van der Waals surface area (Å²) in [4.78, 5) is 18.3. The summed E-state index contributed by atoms with van der Waals surface area (Å²) in [7, 11) is -4.19. The second-order valence-electron chi connectivity index (χ2n) is 6.41. The number of anilines is 1. The van der Waals surface area contributed by atoms with Gasteiger partial charge in [-0.05, 0) is 24.3 Å². The molecule has 3 aromatic rings. The number of piperazine rings is 1. The summed E-state index contributed by atoms with van der Waals surface area (Å²) in [5, 5.41) is 9.65. The second-order valence-corrected chi connectivity index (χ2v) is 8.17. The first-order valence-corrected chi connectivity index (χ1v) is 10.4. The minimum Gasteiger partial charge on any atom is -0.483 e. The van der Waals surface area contributed by atoms with E-state index in [1.807, 2.05) is 4.90 Å². The van der Waals surface area contributed by atoms with Crippen LogP contribution in [-0.4, -0.2) is 60.1 Å². The molecular formula is C18H18F3N5O4S. The highest BCUT2D eigenvalue weighted by atomic mass is 32.2. The van der Waals surface area contributed by atoms with E-state index in [1.54, 1.807) is 18.3 Å². The van der Waals surface area contributed by atoms with Crippen molar-refractivity contribution in [2.75, 3.05) is 31.1 Å². The Morgan fingerprint density at radius 1 is 1.13 bits per heavy atom. The fourth-order valence-electron chi connectivity index (χ4n) is 3.15. The predicted octanol–water partition coefficient (Wildman–Crippen LogP) is 1.80. The molecule has 3 aromatic heterocycles. The molecule has 31 heavy (non-hydrogen) atoms. The van der Waals surface area contributed by atoms with Crippen LogP contribution in [-0.2, 0) is 21.0 Å². The van der Waals surface area contributed by atoms with Gasteiger partial charge in [0.05, 0.1) is 16.8 Å². The van der Waals surface area contributed by atoms with Crippen LogP contribution >= 0.6 is 0 Å². The molecule has 1 saturated heterocycles. The first-order chi connectivity index (χ1) is 14.7. The molecule has 0 bridgehead atoms. The van der Waals surface area contributed by atoms with Crippen molar-refractivity contribution in [1.82, 2.24) is 19.3 Å². The van der Waals surface area contributed by atoms with E-state index in [-0.39, 0.29) is 6.47 Å². The number of nitrogens with one attached hydrogen (secondary N) is 1. The molecule has 0 unspecified atom stereocenters. The average Bonchev–Trinajstić information content (AvgIpc) is 3.15. The number of alkyl halides is 3. The third-order valence-electron chi connectivity index (χ3n) is 4.55. The van der Waals surface area contributed by atoms with E-state index in [0.29, 0.717) is 42.1 Å². The van der Waals surface area contributed by atoms with Crippen LogP contribution in [0.5, 0.6) is 0 Å². The minimum atomic E-state index is -4.59. The van der Waals surface area contributed by atoms with Gasteiger partial charge in [0.1, 0.15) is 5.52 Å². The Morgan fingerprint density at radius 2 is 1.81 bits per heavy atom. The Kier molecular flexibility index (Phi) is 6.45. The zero-order valence-corrected chi connectivity index (χ0v) is 16.8. The minimum absolute atomic E-state index is 0.250. The molecule has 0 aromatic carbocycles. The summed E-state index contributed by atoms with van der Waals surface area (Å²) in [6.07, 6.45) is -1.04. The average molecular weight is 457 g/mol. The number of halogens is 3. The summed E-state index contributed by atoms with van der Waals surface area (Å²) >= 11 is 0. The molecule has 1 fully saturated rings. The number of fused-ring (bicyclic) bond motifs is 1. The Labute approximate surface area is 175 Å². The topological polar surface area (TPSA) is 117 Å². The number of carboxylic acid groups (broad SMARTS) is 1. The van der Waals surface area contributed by atoms with E-state index >= 15 is 0 Å². The summed E-state index contributed by atoms with van der Waals surface area (Å²) < 4.78 is 65.4. The highest BCUT2D eigenvalue weighted by Crippen LogP contribution is 2.32. The van der Waals surface area contributed by atoms with Crippen LogP contribution in [0.1, 0.15) is 5.56 Å². The third kappa shape index (κ3) is 4.61. The van der Waals surface area contributed by atoms with Crippen molar-refractivity contribution in [3.05, 3.63) is 48.4 Å². The van der Waals surface area contributed by atoms with Crippen LogP contribution in [0, 0.1) is 0 Å².